The van der Waals surface area contributed by atoms with Crippen molar-refractivity contribution in [2.75, 3.05) is 26.4 Å². The van der Waals surface area contributed by atoms with E-state index < -0.39 is 0 Å². The van der Waals surface area contributed by atoms with Gasteiger partial charge in [0.25, 0.3) is 0 Å². The van der Waals surface area contributed by atoms with Gasteiger partial charge < -0.3 is 43.5 Å². The summed E-state index contributed by atoms with van der Waals surface area (Å²) in [6, 6.07) is 0. The van der Waals surface area contributed by atoms with Crippen LogP contribution in [0.5, 0.6) is 0 Å². The third-order valence-corrected chi connectivity index (χ3v) is 0.894. The Kier molecular flexibility index (Phi) is 228. The summed E-state index contributed by atoms with van der Waals surface area (Å²) < 4.78 is 8.25. The van der Waals surface area contributed by atoms with Gasteiger partial charge in [0.05, 0.1) is 0 Å². The summed E-state index contributed by atoms with van der Waals surface area (Å²) >= 11 is 0.750. The van der Waals surface area contributed by atoms with Crippen LogP contribution >= 0.6 is 0 Å². The summed E-state index contributed by atoms with van der Waals surface area (Å²) in [4.78, 5) is 0. The molecule has 0 unspecified atom stereocenters. The summed E-state index contributed by atoms with van der Waals surface area (Å²) in [5.74, 6) is 0. The van der Waals surface area contributed by atoms with Crippen molar-refractivity contribution in [3.63, 3.8) is 0 Å². The van der Waals surface area contributed by atoms with E-state index in [4.69, 9.17) is 34.0 Å². The second kappa shape index (κ2) is 117. The van der Waals surface area contributed by atoms with Crippen LogP contribution in [0.1, 0.15) is 109 Å². The molecule has 0 bridgehead atoms. The summed E-state index contributed by atoms with van der Waals surface area (Å²) in [5.41, 5.74) is 0. The Morgan fingerprint density at radius 2 is 0.576 bits per heavy atom. The Hall–Kier alpha value is 0.989. The topological polar surface area (TPSA) is 138 Å². The van der Waals surface area contributed by atoms with Gasteiger partial charge in [-0.15, -0.1) is 0 Å². The van der Waals surface area contributed by atoms with Crippen LogP contribution in [-0.2, 0) is 45.4 Å². The molecule has 6 N–H and O–H groups in total. The van der Waals surface area contributed by atoms with Crippen molar-refractivity contribution in [1.82, 2.24) is 0 Å². The van der Waals surface area contributed by atoms with Gasteiger partial charge in [0, 0.05) is 60.4 Å². The van der Waals surface area contributed by atoms with Crippen molar-refractivity contribution >= 4 is 0 Å². The minimum Gasteiger partial charge on any atom is 0 e. The standard InChI is InChI=1S/6C3H8O.2C3H7.O.2Ti/c2*1-3(2)4;4*1-2-3-4;2*1-3-2;;;/h2*3-4H,1-2H3;4*4H,2-3H2,1H3;2*3H,1-2H3;;;/q;;;;;;2*-1;;;+2. The van der Waals surface area contributed by atoms with Crippen LogP contribution in [0, 0.1) is 12.8 Å². The quantitative estimate of drug-likeness (QED) is 0.218. The smallest absolute Gasteiger partial charge is 0 e. The van der Waals surface area contributed by atoms with Gasteiger partial charge in [-0.25, -0.2) is 0 Å². The molecule has 0 heterocycles. The zero-order valence-electron chi connectivity index (χ0n) is 24.1. The molecule has 0 aromatic carbocycles. The number of hydrogen-bond acceptors (Lipinski definition) is 7. The molecule has 0 amide bonds. The van der Waals surface area contributed by atoms with Crippen molar-refractivity contribution in [2.45, 2.75) is 121 Å². The van der Waals surface area contributed by atoms with Crippen LogP contribution in [0.25, 0.3) is 0 Å². The monoisotopic (exact) mass is 558 g/mol. The molecule has 7 nitrogen and oxygen atoms in total. The normalized spacial score (nSPS) is 7.09. The van der Waals surface area contributed by atoms with Crippen LogP contribution in [0.3, 0.4) is 0 Å². The van der Waals surface area contributed by atoms with Crippen molar-refractivity contribution < 1.29 is 76.1 Å². The molecular formula is C24H62O7Ti2. The van der Waals surface area contributed by atoms with Crippen LogP contribution < -0.4 is 0 Å². The number of rotatable bonds is 4. The van der Waals surface area contributed by atoms with Crippen LogP contribution in [-0.4, -0.2) is 69.3 Å². The maximum absolute atomic E-state index is 8.25. The third kappa shape index (κ3) is 1270. The van der Waals surface area contributed by atoms with Crippen LogP contribution in [0.4, 0.5) is 0 Å². The fraction of sp³-hybridized carbons (Fsp3) is 0.917. The van der Waals surface area contributed by atoms with Crippen molar-refractivity contribution in [2.24, 2.45) is 0 Å². The fourth-order valence-corrected chi connectivity index (χ4v) is 0. The average Bonchev–Trinajstić information content (AvgIpc) is 2.75. The van der Waals surface area contributed by atoms with Crippen molar-refractivity contribution in [1.29, 1.82) is 0 Å². The fourth-order valence-electron chi connectivity index (χ4n) is 0. The van der Waals surface area contributed by atoms with Gasteiger partial charge in [-0.05, 0) is 53.4 Å². The second-order valence-corrected chi connectivity index (χ2v) is 6.24. The minimum absolute atomic E-state index is 0. The molecule has 33 heavy (non-hydrogen) atoms. The molecule has 0 fully saturated rings. The number of aliphatic hydroxyl groups excluding tert-OH is 6. The summed E-state index contributed by atoms with van der Waals surface area (Å²) in [7, 11) is 0. The van der Waals surface area contributed by atoms with E-state index in [0.717, 1.165) is 46.1 Å². The van der Waals surface area contributed by atoms with Crippen molar-refractivity contribution in [3.05, 3.63) is 12.8 Å². The molecule has 0 saturated carbocycles. The number of hydrogen-bond donors (Lipinski definition) is 6. The van der Waals surface area contributed by atoms with E-state index in [1.54, 1.807) is 27.7 Å². The summed E-state index contributed by atoms with van der Waals surface area (Å²) in [6.07, 6.45) is 7.17. The van der Waals surface area contributed by atoms with E-state index >= 15 is 0 Å². The van der Waals surface area contributed by atoms with E-state index in [0.29, 0.717) is 26.4 Å². The molecule has 208 valence electrons. The molecule has 0 aliphatic carbocycles. The van der Waals surface area contributed by atoms with Gasteiger partial charge >= 0.3 is 23.7 Å². The van der Waals surface area contributed by atoms with Crippen LogP contribution in [0.2, 0.25) is 0 Å². The molecule has 0 aliphatic heterocycles. The first kappa shape index (κ1) is 64.3. The summed E-state index contributed by atoms with van der Waals surface area (Å²) in [5, 5.41) is 47.6. The van der Waals surface area contributed by atoms with Crippen LogP contribution in [0.15, 0.2) is 0 Å². The van der Waals surface area contributed by atoms with E-state index in [1.165, 1.54) is 0 Å². The molecule has 0 radical (unpaired) electrons. The molecule has 0 atom stereocenters. The molecule has 9 heteroatoms. The predicted octanol–water partition coefficient (Wildman–Crippen LogP) is 4.67. The molecule has 0 aromatic rings. The maximum Gasteiger partial charge on any atom is 0 e. The molecule has 0 aliphatic rings. The van der Waals surface area contributed by atoms with Gasteiger partial charge in [-0.3, -0.25) is 0 Å². The molecule has 0 spiro atoms. The van der Waals surface area contributed by atoms with E-state index in [9.17, 15) is 0 Å². The first-order chi connectivity index (χ1) is 14.9. The van der Waals surface area contributed by atoms with Gasteiger partial charge in [-0.2, -0.15) is 27.7 Å². The van der Waals surface area contributed by atoms with E-state index in [1.807, 2.05) is 68.2 Å². The first-order valence-corrected chi connectivity index (χ1v) is 12.1. The van der Waals surface area contributed by atoms with Gasteiger partial charge in [-0.1, -0.05) is 27.7 Å². The maximum atomic E-state index is 8.25. The summed E-state index contributed by atoms with van der Waals surface area (Å²) in [6.45, 7) is 23.9. The Balaban J connectivity index is -0.0000000226. The number of aliphatic hydroxyl groups is 6. The zero-order chi connectivity index (χ0) is 28.2. The molecule has 0 saturated heterocycles. The Labute approximate surface area is 235 Å². The average molecular weight is 558 g/mol. The Morgan fingerprint density at radius 3 is 0.576 bits per heavy atom. The molecular weight excluding hydrogens is 496 g/mol. The Bertz CT molecular complexity index is 132. The van der Waals surface area contributed by atoms with E-state index in [-0.39, 0.29) is 33.9 Å². The third-order valence-electron chi connectivity index (χ3n) is 0.894. The minimum atomic E-state index is -0.167. The predicted molar refractivity (Wildman–Crippen MR) is 136 cm³/mol. The first-order valence-electron chi connectivity index (χ1n) is 11.4. The Morgan fingerprint density at radius 1 is 0.545 bits per heavy atom. The van der Waals surface area contributed by atoms with Crippen molar-refractivity contribution in [3.8, 4) is 0 Å². The SMILES string of the molecule is CC(C)O.CC(C)O.CCCO.CCCO.CCCO.CCCO.C[CH-]C.C[CH-]C.[O]=[Ti+2].[Ti]. The van der Waals surface area contributed by atoms with Gasteiger partial charge in [0.15, 0.2) is 0 Å². The molecule has 0 rings (SSSR count). The molecule has 0 aromatic heterocycles. The van der Waals surface area contributed by atoms with Gasteiger partial charge in [0.1, 0.15) is 0 Å². The second-order valence-electron chi connectivity index (χ2n) is 6.24. The van der Waals surface area contributed by atoms with Gasteiger partial charge in [0.2, 0.25) is 0 Å². The van der Waals surface area contributed by atoms with E-state index in [2.05, 4.69) is 0 Å². The zero-order valence-corrected chi connectivity index (χ0v) is 27.2. The largest absolute Gasteiger partial charge is 0 e.